The number of aromatic hydroxyl groups is 6. The first kappa shape index (κ1) is 13.3. The molecule has 0 aliphatic carbocycles. The molecule has 0 fully saturated rings. The van der Waals surface area contributed by atoms with Crippen LogP contribution in [0.5, 0.6) is 34.5 Å². The van der Waals surface area contributed by atoms with Crippen molar-refractivity contribution < 1.29 is 44.3 Å². The monoisotopic (exact) mass is 514 g/mol. The second-order valence-electron chi connectivity index (χ2n) is 9.25. The summed E-state index contributed by atoms with van der Waals surface area (Å²) in [5.74, 6) is -6.67. The Hall–Kier alpha value is -5.24. The van der Waals surface area contributed by atoms with Crippen molar-refractivity contribution in [3.8, 4) is 34.5 Å². The molecule has 0 amide bonds. The zero-order valence-electron chi connectivity index (χ0n) is 28.5. The van der Waals surface area contributed by atoms with E-state index in [1.54, 1.807) is 0 Å². The maximum Gasteiger partial charge on any atom is 0.193 e. The van der Waals surface area contributed by atoms with Gasteiger partial charge in [0.1, 0.15) is 34.5 Å². The van der Waals surface area contributed by atoms with Crippen LogP contribution in [-0.2, 0) is 0 Å². The van der Waals surface area contributed by atoms with Gasteiger partial charge in [-0.05, 0) is 47.7 Å². The molecule has 0 bridgehead atoms. The van der Waals surface area contributed by atoms with Gasteiger partial charge in [-0.3, -0.25) is 9.59 Å². The summed E-state index contributed by atoms with van der Waals surface area (Å²) in [7, 11) is 0. The highest BCUT2D eigenvalue weighted by molar-refractivity contribution is 6.51. The van der Waals surface area contributed by atoms with E-state index in [9.17, 15) is 40.2 Å². The van der Waals surface area contributed by atoms with Crippen LogP contribution in [0.4, 0.5) is 0 Å². The van der Waals surface area contributed by atoms with Crippen LogP contribution in [0, 0.1) is 13.7 Å². The molecule has 0 aromatic heterocycles. The van der Waals surface area contributed by atoms with Crippen LogP contribution in [0.1, 0.15) is 24.8 Å². The summed E-state index contributed by atoms with van der Waals surface area (Å²) >= 11 is 0. The Balaban J connectivity index is 2.05. The molecule has 0 saturated carbocycles. The molecule has 0 unspecified atom stereocenters. The van der Waals surface area contributed by atoms with Gasteiger partial charge in [-0.15, -0.1) is 0 Å². The van der Waals surface area contributed by atoms with Crippen molar-refractivity contribution in [2.24, 2.45) is 0 Å². The van der Waals surface area contributed by atoms with E-state index in [-0.39, 0.29) is 10.8 Å². The number of hydrogen-bond acceptors (Lipinski definition) is 8. The number of hydrogen-bond donors (Lipinski definition) is 6. The smallest absolute Gasteiger partial charge is 0.193 e. The van der Waals surface area contributed by atoms with Crippen LogP contribution >= 0.6 is 0 Å². The average molecular weight is 515 g/mol. The average Bonchev–Trinajstić information content (AvgIpc) is 2.98. The molecule has 184 valence electrons. The first-order chi connectivity index (χ1) is 22.2. The van der Waals surface area contributed by atoms with E-state index in [1.807, 2.05) is 0 Å². The van der Waals surface area contributed by atoms with E-state index in [2.05, 4.69) is 0 Å². The summed E-state index contributed by atoms with van der Waals surface area (Å²) in [6.45, 7) is -6.69. The van der Waals surface area contributed by atoms with Gasteiger partial charge < -0.3 is 30.6 Å². The highest BCUT2D eigenvalue weighted by Crippen LogP contribution is 2.59. The SMILES string of the molecule is [2H]c1c(O)c2c(O)c3c(=O)c([2H])c(C([2H])([2H])[2H])c4c5c(C([2H])([2H])[2H])c([2H])c(O)c6c(O)c7c(=O)c([2H])c(O)c8c(c1O)c2c(c34)c(c65)c78. The molecule has 0 radical (unpaired) electrons. The van der Waals surface area contributed by atoms with Crippen molar-refractivity contribution in [2.75, 3.05) is 0 Å². The van der Waals surface area contributed by atoms with E-state index in [0.29, 0.717) is 0 Å². The molecule has 0 spiro atoms. The summed E-state index contributed by atoms with van der Waals surface area (Å²) < 4.78 is 84.1. The zero-order valence-corrected chi connectivity index (χ0v) is 18.5. The van der Waals surface area contributed by atoms with Crippen molar-refractivity contribution in [3.05, 3.63) is 55.7 Å². The van der Waals surface area contributed by atoms with Crippen molar-refractivity contribution in [1.29, 1.82) is 0 Å². The highest BCUT2D eigenvalue weighted by Gasteiger charge is 2.33. The van der Waals surface area contributed by atoms with E-state index >= 15 is 0 Å². The van der Waals surface area contributed by atoms with Crippen LogP contribution in [0.25, 0.3) is 75.4 Å². The molecule has 8 nitrogen and oxygen atoms in total. The lowest BCUT2D eigenvalue weighted by Crippen LogP contribution is -2.07. The molecular formula is C30H16O8. The maximum atomic E-state index is 13.9. The molecule has 0 atom stereocenters. The third-order valence-corrected chi connectivity index (χ3v) is 7.55. The molecule has 0 heterocycles. The van der Waals surface area contributed by atoms with Crippen LogP contribution in [-0.4, -0.2) is 30.6 Å². The highest BCUT2D eigenvalue weighted by atomic mass is 16.3. The molecule has 0 aliphatic rings. The Morgan fingerprint density at radius 3 is 1.39 bits per heavy atom. The fraction of sp³-hybridized carbons (Fsp3) is 0.0667. The van der Waals surface area contributed by atoms with E-state index in [0.717, 1.165) is 0 Å². The van der Waals surface area contributed by atoms with E-state index in [4.69, 9.17) is 13.7 Å². The molecule has 8 rings (SSSR count). The van der Waals surface area contributed by atoms with Crippen molar-refractivity contribution >= 4 is 75.4 Å². The Bertz CT molecular complexity index is 2950. The third kappa shape index (κ3) is 1.93. The number of phenols is 6. The minimum atomic E-state index is -3.36. The zero-order chi connectivity index (χ0) is 35.2. The first-order valence-electron chi connectivity index (χ1n) is 16.0. The predicted octanol–water partition coefficient (Wildman–Crippen LogP) is 5.08. The summed E-state index contributed by atoms with van der Waals surface area (Å²) in [5.41, 5.74) is -4.73. The minimum absolute atomic E-state index is 0.351. The number of rotatable bonds is 0. The Kier molecular flexibility index (Phi) is 2.11. The fourth-order valence-corrected chi connectivity index (χ4v) is 6.30. The Labute approximate surface area is 224 Å². The van der Waals surface area contributed by atoms with Crippen molar-refractivity contribution in [3.63, 3.8) is 0 Å². The number of phenolic OH excluding ortho intramolecular Hbond substituents is 6. The molecule has 38 heavy (non-hydrogen) atoms. The standard InChI is InChI=1S/C30H16O8/c1-7-3-9(31)19-23-15(7)16-8(2)4-10(32)20-24(16)28-26-18(12(34)6-14(36)22(26)30(20)38)17-11(33)5-13(35)21(29(19)37)25(17)27(23)28/h3-6,31,33-34,36-38H,1-2H3/i1D3,2D3,3D,4D,5D,6D. The molecule has 0 aliphatic heterocycles. The summed E-state index contributed by atoms with van der Waals surface area (Å²) in [6, 6.07) is -4.55. The van der Waals surface area contributed by atoms with Crippen molar-refractivity contribution in [1.82, 2.24) is 0 Å². The van der Waals surface area contributed by atoms with Crippen LogP contribution in [0.2, 0.25) is 0 Å². The lowest BCUT2D eigenvalue weighted by molar-refractivity contribution is 0.453. The Morgan fingerprint density at radius 2 is 0.816 bits per heavy atom. The maximum absolute atomic E-state index is 13.9. The van der Waals surface area contributed by atoms with Gasteiger partial charge in [-0.25, -0.2) is 0 Å². The molecule has 8 heteroatoms. The van der Waals surface area contributed by atoms with Gasteiger partial charge in [-0.2, -0.15) is 0 Å². The minimum Gasteiger partial charge on any atom is -0.507 e. The van der Waals surface area contributed by atoms with Gasteiger partial charge in [0.25, 0.3) is 0 Å². The largest absolute Gasteiger partial charge is 0.507 e. The first-order valence-corrected chi connectivity index (χ1v) is 11.0. The van der Waals surface area contributed by atoms with Gasteiger partial charge >= 0.3 is 0 Å². The molecule has 0 saturated heterocycles. The van der Waals surface area contributed by atoms with Gasteiger partial charge in [0.15, 0.2) is 10.9 Å². The van der Waals surface area contributed by atoms with Crippen LogP contribution in [0.15, 0.2) is 33.8 Å². The second kappa shape index (κ2) is 6.00. The number of fused-ring (bicyclic) bond motifs is 2. The lowest BCUT2D eigenvalue weighted by atomic mass is 9.78. The lowest BCUT2D eigenvalue weighted by Gasteiger charge is -2.25. The number of benzene rings is 8. The van der Waals surface area contributed by atoms with Gasteiger partial charge in [0, 0.05) is 63.4 Å². The van der Waals surface area contributed by atoms with Crippen LogP contribution < -0.4 is 10.9 Å². The molecule has 8 aromatic carbocycles. The Morgan fingerprint density at radius 1 is 0.447 bits per heavy atom. The normalized spacial score (nSPS) is 17.3. The quantitative estimate of drug-likeness (QED) is 0.121. The van der Waals surface area contributed by atoms with E-state index < -0.39 is 159 Å². The van der Waals surface area contributed by atoms with Crippen LogP contribution in [0.3, 0.4) is 0 Å². The second-order valence-corrected chi connectivity index (χ2v) is 9.25. The molecule has 6 N–H and O–H groups in total. The molecule has 8 aromatic rings. The predicted molar refractivity (Wildman–Crippen MR) is 146 cm³/mol. The van der Waals surface area contributed by atoms with Crippen molar-refractivity contribution in [2.45, 2.75) is 13.7 Å². The summed E-state index contributed by atoms with van der Waals surface area (Å²) in [6.07, 6.45) is 0. The van der Waals surface area contributed by atoms with Gasteiger partial charge in [0.2, 0.25) is 0 Å². The molecular weight excluding hydrogens is 488 g/mol. The van der Waals surface area contributed by atoms with Gasteiger partial charge in [0.05, 0.1) is 27.0 Å². The van der Waals surface area contributed by atoms with E-state index in [1.165, 1.54) is 0 Å². The fourth-order valence-electron chi connectivity index (χ4n) is 6.30. The number of aryl methyl sites for hydroxylation is 2. The summed E-state index contributed by atoms with van der Waals surface area (Å²) in [4.78, 5) is 27.5. The topological polar surface area (TPSA) is 156 Å². The third-order valence-electron chi connectivity index (χ3n) is 7.55. The summed E-state index contributed by atoms with van der Waals surface area (Å²) in [5, 5.41) is 60.2. The van der Waals surface area contributed by atoms with Gasteiger partial charge in [-0.1, -0.05) is 0 Å².